The highest BCUT2D eigenvalue weighted by atomic mass is 16.6. The SMILES string of the molecule is CCC(C)CCCCCCCCCCCCCCCCC(=O)OC[C@@H](COC(=O)CCCCCCCCCC(C)C)OC(=O)CCCCCCCCCCCCCCCCC(C)CC. The molecule has 0 aromatic heterocycles. The minimum absolute atomic E-state index is 0.0642. The van der Waals surface area contributed by atoms with E-state index in [1.54, 1.807) is 0 Å². The van der Waals surface area contributed by atoms with Crippen molar-refractivity contribution in [3.8, 4) is 0 Å². The van der Waals surface area contributed by atoms with E-state index < -0.39 is 6.10 Å². The Bertz CT molecular complexity index is 995. The van der Waals surface area contributed by atoms with E-state index in [9.17, 15) is 14.4 Å². The Morgan fingerprint density at radius 3 is 0.812 bits per heavy atom. The zero-order valence-electron chi connectivity index (χ0n) is 44.1. The van der Waals surface area contributed by atoms with E-state index in [1.165, 1.54) is 199 Å². The Labute approximate surface area is 399 Å². The number of ether oxygens (including phenoxy) is 3. The maximum absolute atomic E-state index is 12.8. The van der Waals surface area contributed by atoms with Gasteiger partial charge in [0.15, 0.2) is 6.10 Å². The molecule has 380 valence electrons. The fraction of sp³-hybridized carbons (Fsp3) is 0.948. The van der Waals surface area contributed by atoms with Crippen molar-refractivity contribution in [2.75, 3.05) is 13.2 Å². The van der Waals surface area contributed by atoms with Crippen LogP contribution in [0.3, 0.4) is 0 Å². The highest BCUT2D eigenvalue weighted by Crippen LogP contribution is 2.19. The lowest BCUT2D eigenvalue weighted by molar-refractivity contribution is -0.167. The van der Waals surface area contributed by atoms with Crippen molar-refractivity contribution >= 4 is 17.9 Å². The van der Waals surface area contributed by atoms with Gasteiger partial charge in [0.05, 0.1) is 0 Å². The van der Waals surface area contributed by atoms with Crippen molar-refractivity contribution in [2.45, 2.75) is 324 Å². The van der Waals surface area contributed by atoms with Crippen LogP contribution in [0.1, 0.15) is 318 Å². The molecule has 0 aliphatic heterocycles. The van der Waals surface area contributed by atoms with Gasteiger partial charge >= 0.3 is 17.9 Å². The summed E-state index contributed by atoms with van der Waals surface area (Å²) in [5.41, 5.74) is 0. The molecule has 0 aromatic rings. The Balaban J connectivity index is 4.26. The van der Waals surface area contributed by atoms with E-state index in [4.69, 9.17) is 14.2 Å². The maximum Gasteiger partial charge on any atom is 0.306 e. The summed E-state index contributed by atoms with van der Waals surface area (Å²) in [7, 11) is 0. The van der Waals surface area contributed by atoms with Gasteiger partial charge in [0, 0.05) is 19.3 Å². The van der Waals surface area contributed by atoms with Crippen molar-refractivity contribution in [3.05, 3.63) is 0 Å². The first kappa shape index (κ1) is 62.4. The van der Waals surface area contributed by atoms with Crippen LogP contribution in [-0.4, -0.2) is 37.2 Å². The quantitative estimate of drug-likeness (QED) is 0.0344. The van der Waals surface area contributed by atoms with E-state index in [0.717, 1.165) is 75.5 Å². The number of rotatable bonds is 51. The van der Waals surface area contributed by atoms with Crippen molar-refractivity contribution in [1.29, 1.82) is 0 Å². The van der Waals surface area contributed by atoms with Crippen LogP contribution in [0.2, 0.25) is 0 Å². The third-order valence-corrected chi connectivity index (χ3v) is 13.9. The average Bonchev–Trinajstić information content (AvgIpc) is 3.28. The number of hydrogen-bond acceptors (Lipinski definition) is 6. The first-order valence-electron chi connectivity index (χ1n) is 28.7. The van der Waals surface area contributed by atoms with Crippen molar-refractivity contribution in [2.24, 2.45) is 17.8 Å². The van der Waals surface area contributed by atoms with Crippen LogP contribution in [0.15, 0.2) is 0 Å². The van der Waals surface area contributed by atoms with E-state index in [-0.39, 0.29) is 31.1 Å². The largest absolute Gasteiger partial charge is 0.462 e. The summed E-state index contributed by atoms with van der Waals surface area (Å²) in [4.78, 5) is 38.1. The Kier molecular flexibility index (Phi) is 48.1. The van der Waals surface area contributed by atoms with Gasteiger partial charge in [-0.25, -0.2) is 0 Å². The molecule has 0 saturated carbocycles. The van der Waals surface area contributed by atoms with E-state index in [1.807, 2.05) is 0 Å². The van der Waals surface area contributed by atoms with Crippen LogP contribution < -0.4 is 0 Å². The number of carbonyl (C=O) groups excluding carboxylic acids is 3. The molecule has 6 heteroatoms. The lowest BCUT2D eigenvalue weighted by Crippen LogP contribution is -2.30. The predicted molar refractivity (Wildman–Crippen MR) is 275 cm³/mol. The molecule has 0 spiro atoms. The smallest absolute Gasteiger partial charge is 0.306 e. The summed E-state index contributed by atoms with van der Waals surface area (Å²) in [6.45, 7) is 13.8. The molecule has 0 rings (SSSR count). The lowest BCUT2D eigenvalue weighted by Gasteiger charge is -2.18. The fourth-order valence-electron chi connectivity index (χ4n) is 8.76. The van der Waals surface area contributed by atoms with Gasteiger partial charge in [-0.15, -0.1) is 0 Å². The molecule has 0 N–H and O–H groups in total. The van der Waals surface area contributed by atoms with Crippen LogP contribution in [0, 0.1) is 17.8 Å². The molecular weight excluding hydrogens is 793 g/mol. The third kappa shape index (κ3) is 48.3. The molecule has 0 amide bonds. The molecule has 0 radical (unpaired) electrons. The van der Waals surface area contributed by atoms with Gasteiger partial charge < -0.3 is 14.2 Å². The Morgan fingerprint density at radius 2 is 0.547 bits per heavy atom. The van der Waals surface area contributed by atoms with Crippen molar-refractivity contribution < 1.29 is 28.6 Å². The second kappa shape index (κ2) is 49.3. The second-order valence-corrected chi connectivity index (χ2v) is 20.9. The molecule has 0 fully saturated rings. The van der Waals surface area contributed by atoms with Crippen molar-refractivity contribution in [1.82, 2.24) is 0 Å². The molecule has 64 heavy (non-hydrogen) atoms. The molecule has 2 unspecified atom stereocenters. The van der Waals surface area contributed by atoms with E-state index in [0.29, 0.717) is 19.3 Å². The molecule has 0 aliphatic rings. The molecule has 0 aromatic carbocycles. The standard InChI is InChI=1S/C58H112O6/c1-7-53(5)45-39-33-27-21-17-13-9-11-15-19-23-29-35-41-47-56(59)62-50-55(51-63-57(60)48-42-36-31-25-26-32-38-44-52(3)4)64-58(61)49-43-37-30-24-20-16-12-10-14-18-22-28-34-40-46-54(6)8-2/h52-55H,7-51H2,1-6H3/t53?,54?,55-/m0/s1. The van der Waals surface area contributed by atoms with Gasteiger partial charge in [0.25, 0.3) is 0 Å². The molecular formula is C58H112O6. The maximum atomic E-state index is 12.8. The monoisotopic (exact) mass is 905 g/mol. The summed E-state index contributed by atoms with van der Waals surface area (Å²) < 4.78 is 16.9. The summed E-state index contributed by atoms with van der Waals surface area (Å²) in [5.74, 6) is 1.72. The molecule has 0 saturated heterocycles. The summed E-state index contributed by atoms with van der Waals surface area (Å²) in [6.07, 6.45) is 50.9. The van der Waals surface area contributed by atoms with Crippen LogP contribution in [0.25, 0.3) is 0 Å². The average molecular weight is 906 g/mol. The predicted octanol–water partition coefficient (Wildman–Crippen LogP) is 18.7. The summed E-state index contributed by atoms with van der Waals surface area (Å²) in [6, 6.07) is 0. The lowest BCUT2D eigenvalue weighted by atomic mass is 9.99. The topological polar surface area (TPSA) is 78.9 Å². The van der Waals surface area contributed by atoms with Gasteiger partial charge in [0.2, 0.25) is 0 Å². The minimum atomic E-state index is -0.764. The van der Waals surface area contributed by atoms with Crippen LogP contribution in [0.5, 0.6) is 0 Å². The molecule has 0 bridgehead atoms. The number of hydrogen-bond donors (Lipinski definition) is 0. The van der Waals surface area contributed by atoms with Gasteiger partial charge in [-0.05, 0) is 37.0 Å². The fourth-order valence-corrected chi connectivity index (χ4v) is 8.76. The zero-order chi connectivity index (χ0) is 47.0. The highest BCUT2D eigenvalue weighted by Gasteiger charge is 2.19. The minimum Gasteiger partial charge on any atom is -0.462 e. The van der Waals surface area contributed by atoms with Crippen LogP contribution in [0.4, 0.5) is 0 Å². The second-order valence-electron chi connectivity index (χ2n) is 20.9. The van der Waals surface area contributed by atoms with Crippen LogP contribution >= 0.6 is 0 Å². The Hall–Kier alpha value is -1.59. The first-order chi connectivity index (χ1) is 31.2. The molecule has 3 atom stereocenters. The van der Waals surface area contributed by atoms with E-state index >= 15 is 0 Å². The summed E-state index contributed by atoms with van der Waals surface area (Å²) in [5, 5.41) is 0. The number of esters is 3. The van der Waals surface area contributed by atoms with Crippen LogP contribution in [-0.2, 0) is 28.6 Å². The van der Waals surface area contributed by atoms with Gasteiger partial charge in [-0.2, -0.15) is 0 Å². The first-order valence-corrected chi connectivity index (χ1v) is 28.7. The van der Waals surface area contributed by atoms with Gasteiger partial charge in [-0.3, -0.25) is 14.4 Å². The molecule has 6 nitrogen and oxygen atoms in total. The number of carbonyl (C=O) groups is 3. The van der Waals surface area contributed by atoms with Gasteiger partial charge in [-0.1, -0.05) is 279 Å². The number of unbranched alkanes of at least 4 members (excludes halogenated alkanes) is 32. The van der Waals surface area contributed by atoms with E-state index in [2.05, 4.69) is 41.5 Å². The van der Waals surface area contributed by atoms with Gasteiger partial charge in [0.1, 0.15) is 13.2 Å². The third-order valence-electron chi connectivity index (χ3n) is 13.9. The summed E-state index contributed by atoms with van der Waals surface area (Å²) >= 11 is 0. The van der Waals surface area contributed by atoms with Crippen molar-refractivity contribution in [3.63, 3.8) is 0 Å². The molecule has 0 aliphatic carbocycles. The Morgan fingerprint density at radius 1 is 0.312 bits per heavy atom. The zero-order valence-corrected chi connectivity index (χ0v) is 44.1. The molecule has 0 heterocycles. The highest BCUT2D eigenvalue weighted by molar-refractivity contribution is 5.71. The normalized spacial score (nSPS) is 13.0.